The molecule has 0 aliphatic heterocycles. The second-order valence-electron chi connectivity index (χ2n) is 5.30. The molecular weight excluding hydrogens is 349 g/mol. The molecule has 0 amide bonds. The van der Waals surface area contributed by atoms with Crippen LogP contribution in [0.2, 0.25) is 0 Å². The zero-order chi connectivity index (χ0) is 18.9. The third-order valence-corrected chi connectivity index (χ3v) is 3.80. The van der Waals surface area contributed by atoms with Crippen molar-refractivity contribution in [2.75, 3.05) is 21.3 Å². The lowest BCUT2D eigenvalue weighted by atomic mass is 10.0. The van der Waals surface area contributed by atoms with E-state index in [-0.39, 0.29) is 22.7 Å². The molecule has 0 radical (unpaired) electrons. The van der Waals surface area contributed by atoms with E-state index in [1.165, 1.54) is 21.3 Å². The Labute approximate surface area is 147 Å². The van der Waals surface area contributed by atoms with Crippen molar-refractivity contribution in [3.8, 4) is 28.5 Å². The van der Waals surface area contributed by atoms with Crippen LogP contribution in [-0.4, -0.2) is 31.3 Å². The minimum absolute atomic E-state index is 0.00803. The molecule has 0 saturated carbocycles. The quantitative estimate of drug-likeness (QED) is 0.689. The summed E-state index contributed by atoms with van der Waals surface area (Å²) in [6, 6.07) is 10.1. The number of methoxy groups -OCH3 is 3. The fraction of sp³-hybridized carbons (Fsp3) is 0.222. The summed E-state index contributed by atoms with van der Waals surface area (Å²) in [6.07, 6.45) is -4.71. The van der Waals surface area contributed by atoms with E-state index in [0.717, 1.165) is 0 Å². The molecule has 3 aromatic rings. The average molecular weight is 364 g/mol. The van der Waals surface area contributed by atoms with Crippen LogP contribution >= 0.6 is 0 Å². The smallest absolute Gasteiger partial charge is 0.451 e. The Morgan fingerprint density at radius 3 is 2.04 bits per heavy atom. The molecule has 8 heteroatoms. The summed E-state index contributed by atoms with van der Waals surface area (Å²) in [5.41, 5.74) is 0.633. The zero-order valence-electron chi connectivity index (χ0n) is 14.2. The molecule has 2 aromatic carbocycles. The van der Waals surface area contributed by atoms with Crippen molar-refractivity contribution < 1.29 is 27.4 Å². The topological polar surface area (TPSA) is 53.5 Å². The van der Waals surface area contributed by atoms with Gasteiger partial charge in [-0.2, -0.15) is 13.2 Å². The van der Waals surface area contributed by atoms with Gasteiger partial charge in [-0.15, -0.1) is 0 Å². The molecular formula is C18H15F3N2O3. The molecule has 0 bridgehead atoms. The van der Waals surface area contributed by atoms with Gasteiger partial charge in [-0.1, -0.05) is 30.3 Å². The van der Waals surface area contributed by atoms with Gasteiger partial charge in [-0.3, -0.25) is 0 Å². The van der Waals surface area contributed by atoms with Crippen molar-refractivity contribution in [3.05, 3.63) is 42.2 Å². The normalized spacial score (nSPS) is 11.5. The molecule has 5 nitrogen and oxygen atoms in total. The third kappa shape index (κ3) is 2.98. The highest BCUT2D eigenvalue weighted by atomic mass is 19.4. The second-order valence-corrected chi connectivity index (χ2v) is 5.30. The van der Waals surface area contributed by atoms with Crippen LogP contribution in [0, 0.1) is 0 Å². The molecule has 136 valence electrons. The molecule has 0 fully saturated rings. The van der Waals surface area contributed by atoms with E-state index in [1.807, 2.05) is 0 Å². The van der Waals surface area contributed by atoms with Gasteiger partial charge in [-0.25, -0.2) is 9.97 Å². The van der Waals surface area contributed by atoms with Gasteiger partial charge < -0.3 is 14.2 Å². The highest BCUT2D eigenvalue weighted by Gasteiger charge is 2.36. The lowest BCUT2D eigenvalue weighted by molar-refractivity contribution is -0.144. The Morgan fingerprint density at radius 2 is 1.50 bits per heavy atom. The van der Waals surface area contributed by atoms with Gasteiger partial charge in [-0.05, 0) is 6.07 Å². The van der Waals surface area contributed by atoms with E-state index in [2.05, 4.69) is 9.97 Å². The summed E-state index contributed by atoms with van der Waals surface area (Å²) in [7, 11) is 4.13. The number of benzene rings is 2. The van der Waals surface area contributed by atoms with Crippen molar-refractivity contribution in [1.29, 1.82) is 0 Å². The molecule has 1 aromatic heterocycles. The maximum Gasteiger partial charge on any atom is 0.451 e. The number of alkyl halides is 3. The summed E-state index contributed by atoms with van der Waals surface area (Å²) in [5, 5.41) is 0.360. The van der Waals surface area contributed by atoms with E-state index in [4.69, 9.17) is 14.2 Å². The van der Waals surface area contributed by atoms with Crippen LogP contribution in [0.1, 0.15) is 5.82 Å². The van der Waals surface area contributed by atoms with Crippen LogP contribution in [-0.2, 0) is 6.18 Å². The maximum absolute atomic E-state index is 13.4. The summed E-state index contributed by atoms with van der Waals surface area (Å²) in [6.45, 7) is 0. The molecule has 0 saturated heterocycles. The molecule has 26 heavy (non-hydrogen) atoms. The predicted molar refractivity (Wildman–Crippen MR) is 89.6 cm³/mol. The summed E-state index contributed by atoms with van der Waals surface area (Å²) >= 11 is 0. The minimum atomic E-state index is -4.71. The highest BCUT2D eigenvalue weighted by molar-refractivity contribution is 5.98. The number of rotatable bonds is 4. The Morgan fingerprint density at radius 1 is 0.846 bits per heavy atom. The third-order valence-electron chi connectivity index (χ3n) is 3.80. The van der Waals surface area contributed by atoms with Crippen LogP contribution in [0.4, 0.5) is 13.2 Å². The Hall–Kier alpha value is -3.03. The first-order valence-corrected chi connectivity index (χ1v) is 7.54. The number of hydrogen-bond acceptors (Lipinski definition) is 5. The Balaban J connectivity index is 2.48. The van der Waals surface area contributed by atoms with Crippen molar-refractivity contribution in [2.24, 2.45) is 0 Å². The van der Waals surface area contributed by atoms with Crippen molar-refractivity contribution in [3.63, 3.8) is 0 Å². The molecule has 1 heterocycles. The monoisotopic (exact) mass is 364 g/mol. The Bertz CT molecular complexity index is 944. The fourth-order valence-electron chi connectivity index (χ4n) is 2.67. The van der Waals surface area contributed by atoms with E-state index in [0.29, 0.717) is 16.7 Å². The van der Waals surface area contributed by atoms with Crippen LogP contribution in [0.3, 0.4) is 0 Å². The number of fused-ring (bicyclic) bond motifs is 1. The van der Waals surface area contributed by atoms with Crippen molar-refractivity contribution >= 4 is 10.9 Å². The molecule has 0 aliphatic rings. The van der Waals surface area contributed by atoms with Crippen LogP contribution in [0.5, 0.6) is 17.2 Å². The van der Waals surface area contributed by atoms with Gasteiger partial charge in [0.25, 0.3) is 0 Å². The first kappa shape index (κ1) is 17.8. The van der Waals surface area contributed by atoms with Gasteiger partial charge in [0.2, 0.25) is 11.6 Å². The van der Waals surface area contributed by atoms with Crippen LogP contribution in [0.15, 0.2) is 36.4 Å². The molecule has 0 atom stereocenters. The maximum atomic E-state index is 13.4. The number of halogens is 3. The van der Waals surface area contributed by atoms with Crippen LogP contribution in [0.25, 0.3) is 22.2 Å². The largest absolute Gasteiger partial charge is 0.493 e. The lowest BCUT2D eigenvalue weighted by Gasteiger charge is -2.17. The van der Waals surface area contributed by atoms with Crippen molar-refractivity contribution in [2.45, 2.75) is 6.18 Å². The fourth-order valence-corrected chi connectivity index (χ4v) is 2.67. The molecule has 0 spiro atoms. The van der Waals surface area contributed by atoms with Gasteiger partial charge >= 0.3 is 6.18 Å². The molecule has 0 unspecified atom stereocenters. The highest BCUT2D eigenvalue weighted by Crippen LogP contribution is 2.45. The van der Waals surface area contributed by atoms with E-state index in [1.54, 1.807) is 36.4 Å². The van der Waals surface area contributed by atoms with E-state index >= 15 is 0 Å². The van der Waals surface area contributed by atoms with Crippen molar-refractivity contribution in [1.82, 2.24) is 9.97 Å². The number of nitrogens with zero attached hydrogens (tertiary/aromatic N) is 2. The Kier molecular flexibility index (Phi) is 4.58. The molecule has 3 rings (SSSR count). The standard InChI is InChI=1S/C18H15F3N2O3/c1-24-12-9-11-13(10-7-5-4-6-8-10)22-17(18(19,20)21)23-14(11)16(26-3)15(12)25-2/h4-9H,1-3H3. The summed E-state index contributed by atoms with van der Waals surface area (Å²) in [5.74, 6) is -0.743. The molecule has 0 N–H and O–H groups in total. The van der Waals surface area contributed by atoms with E-state index in [9.17, 15) is 13.2 Å². The van der Waals surface area contributed by atoms with Crippen LogP contribution < -0.4 is 14.2 Å². The predicted octanol–water partition coefficient (Wildman–Crippen LogP) is 4.34. The van der Waals surface area contributed by atoms with Gasteiger partial charge in [0.1, 0.15) is 5.52 Å². The summed E-state index contributed by atoms with van der Waals surface area (Å²) < 4.78 is 55.9. The SMILES string of the molecule is COc1cc2c(-c3ccccc3)nc(C(F)(F)F)nc2c(OC)c1OC. The second kappa shape index (κ2) is 6.70. The van der Waals surface area contributed by atoms with E-state index < -0.39 is 12.0 Å². The number of aromatic nitrogens is 2. The molecule has 0 aliphatic carbocycles. The minimum Gasteiger partial charge on any atom is -0.493 e. The number of hydrogen-bond donors (Lipinski definition) is 0. The van der Waals surface area contributed by atoms with Gasteiger partial charge in [0, 0.05) is 10.9 Å². The zero-order valence-corrected chi connectivity index (χ0v) is 14.2. The average Bonchev–Trinajstić information content (AvgIpc) is 2.65. The van der Waals surface area contributed by atoms with Gasteiger partial charge in [0.05, 0.1) is 27.0 Å². The van der Waals surface area contributed by atoms with Gasteiger partial charge in [0.15, 0.2) is 11.5 Å². The first-order chi connectivity index (χ1) is 12.4. The number of ether oxygens (including phenoxy) is 3. The first-order valence-electron chi connectivity index (χ1n) is 7.54. The lowest BCUT2D eigenvalue weighted by Crippen LogP contribution is -2.12. The summed E-state index contributed by atoms with van der Waals surface area (Å²) in [4.78, 5) is 7.45.